The minimum Gasteiger partial charge on any atom is -0.0826 e. The molecular formula is C54H106I4. The summed E-state index contributed by atoms with van der Waals surface area (Å²) < 4.78 is 2.83. The Hall–Kier alpha value is 2.92. The fourth-order valence-corrected chi connectivity index (χ4v) is 15.9. The van der Waals surface area contributed by atoms with Gasteiger partial charge < -0.3 is 0 Å². The van der Waals surface area contributed by atoms with E-state index in [1.807, 2.05) is 0 Å². The molecule has 27 unspecified atom stereocenters. The van der Waals surface area contributed by atoms with Crippen LogP contribution in [0, 0.1) is 136 Å². The normalized spacial score (nSPS) is 27.1. The largest absolute Gasteiger partial charge is 0.0826 e. The average molecular weight is 1260 g/mol. The Labute approximate surface area is 423 Å². The molecule has 0 amide bonds. The van der Waals surface area contributed by atoms with Gasteiger partial charge in [0.05, 0.1) is 0 Å². The summed E-state index contributed by atoms with van der Waals surface area (Å²) in [7, 11) is 0. The van der Waals surface area contributed by atoms with Crippen molar-refractivity contribution in [3.63, 3.8) is 0 Å². The molecule has 0 aliphatic rings. The minimum absolute atomic E-state index is 0.692. The molecule has 0 aromatic carbocycles. The van der Waals surface area contributed by atoms with E-state index in [1.54, 1.807) is 0 Å². The van der Waals surface area contributed by atoms with E-state index in [2.05, 4.69) is 263 Å². The summed E-state index contributed by atoms with van der Waals surface area (Å²) in [4.78, 5) is 0. The maximum absolute atomic E-state index is 2.89. The maximum atomic E-state index is 2.89. The van der Waals surface area contributed by atoms with E-state index >= 15 is 0 Å². The zero-order valence-electron chi connectivity index (χ0n) is 43.5. The molecular weight excluding hydrogens is 1160 g/mol. The molecule has 0 aliphatic carbocycles. The quantitative estimate of drug-likeness (QED) is 0.0541. The van der Waals surface area contributed by atoms with Crippen molar-refractivity contribution in [2.75, 3.05) is 0 Å². The van der Waals surface area contributed by atoms with Crippen LogP contribution in [0.3, 0.4) is 0 Å². The molecule has 0 radical (unpaired) electrons. The highest BCUT2D eigenvalue weighted by molar-refractivity contribution is 14.1. The van der Waals surface area contributed by atoms with E-state index in [-0.39, 0.29) is 0 Å². The number of halogens is 4. The Bertz CT molecular complexity index is 1080. The van der Waals surface area contributed by atoms with Gasteiger partial charge in [-0.3, -0.25) is 0 Å². The molecule has 0 rings (SSSR count). The van der Waals surface area contributed by atoms with Crippen molar-refractivity contribution in [3.05, 3.63) is 0 Å². The summed E-state index contributed by atoms with van der Waals surface area (Å²) in [6.45, 7) is 63.7. The summed E-state index contributed by atoms with van der Waals surface area (Å²) in [5, 5.41) is 0. The molecule has 350 valence electrons. The van der Waals surface area contributed by atoms with Gasteiger partial charge in [-0.1, -0.05) is 270 Å². The molecule has 0 saturated carbocycles. The minimum atomic E-state index is 0.692. The molecule has 0 fully saturated rings. The molecule has 0 aromatic rings. The second kappa shape index (κ2) is 28.2. The number of rotatable bonds is 28. The van der Waals surface area contributed by atoms with Crippen molar-refractivity contribution in [3.8, 4) is 0 Å². The van der Waals surface area contributed by atoms with E-state index in [0.29, 0.717) is 43.4 Å². The van der Waals surface area contributed by atoms with Crippen LogP contribution in [-0.2, 0) is 0 Å². The zero-order valence-corrected chi connectivity index (χ0v) is 52.1. The first-order chi connectivity index (χ1) is 26.4. The van der Waals surface area contributed by atoms with Gasteiger partial charge in [-0.05, 0) is 143 Å². The second-order valence-corrected chi connectivity index (χ2v) is 29.0. The van der Waals surface area contributed by atoms with Crippen molar-refractivity contribution >= 4 is 90.4 Å². The fraction of sp³-hybridized carbons (Fsp3) is 1.00. The Balaban J connectivity index is 5.53. The highest BCUT2D eigenvalue weighted by Gasteiger charge is 2.40. The van der Waals surface area contributed by atoms with Gasteiger partial charge >= 0.3 is 0 Å². The van der Waals surface area contributed by atoms with E-state index < -0.39 is 0 Å². The molecule has 0 saturated heterocycles. The van der Waals surface area contributed by atoms with Crippen molar-refractivity contribution in [2.45, 2.75) is 202 Å². The molecule has 0 N–H and O–H groups in total. The number of hydrogen-bond acceptors (Lipinski definition) is 0. The summed E-state index contributed by atoms with van der Waals surface area (Å²) in [5.41, 5.74) is 0. The monoisotopic (exact) mass is 1260 g/mol. The van der Waals surface area contributed by atoms with Crippen molar-refractivity contribution in [2.24, 2.45) is 136 Å². The number of alkyl halides is 4. The third kappa shape index (κ3) is 16.7. The smallest absolute Gasteiger partial charge is 0.0167 e. The van der Waals surface area contributed by atoms with Crippen LogP contribution in [0.5, 0.6) is 0 Å². The van der Waals surface area contributed by atoms with Crippen molar-refractivity contribution in [1.82, 2.24) is 0 Å². The molecule has 0 heterocycles. The van der Waals surface area contributed by atoms with Gasteiger partial charge in [0.15, 0.2) is 0 Å². The molecule has 0 spiro atoms. The summed E-state index contributed by atoms with van der Waals surface area (Å²) in [5.74, 6) is 17.1. The molecule has 4 heteroatoms. The molecule has 0 aliphatic heterocycles. The van der Waals surface area contributed by atoms with E-state index in [0.717, 1.165) is 108 Å². The standard InChI is InChI=1S/C54H106I4/c1-26-28(2)31(5)34(8)37(11)39(13)38(12)35(9)32(6)29(3)27-30(4)33(7)36(10)41(15)45(19)52(56)46(20)42(16)40(14)43(17)47(21)53(57)49(23)50(24)54(58)48(22)44(18)51(25)55/h28-54H,26-27H2,1-25H3. The van der Waals surface area contributed by atoms with E-state index in [9.17, 15) is 0 Å². The Morgan fingerprint density at radius 2 is 0.397 bits per heavy atom. The van der Waals surface area contributed by atoms with Gasteiger partial charge in [-0.2, -0.15) is 0 Å². The average Bonchev–Trinajstić information content (AvgIpc) is 3.21. The lowest BCUT2D eigenvalue weighted by Gasteiger charge is -2.43. The van der Waals surface area contributed by atoms with Crippen LogP contribution >= 0.6 is 90.4 Å². The van der Waals surface area contributed by atoms with Crippen LogP contribution in [-0.4, -0.2) is 15.7 Å². The fourth-order valence-electron chi connectivity index (χ4n) is 11.3. The van der Waals surface area contributed by atoms with Crippen molar-refractivity contribution in [1.29, 1.82) is 0 Å². The lowest BCUT2D eigenvalue weighted by atomic mass is 9.64. The molecule has 58 heavy (non-hydrogen) atoms. The lowest BCUT2D eigenvalue weighted by molar-refractivity contribution is 0.0795. The van der Waals surface area contributed by atoms with Gasteiger partial charge in [-0.15, -0.1) is 0 Å². The Kier molecular flexibility index (Phi) is 29.6. The van der Waals surface area contributed by atoms with Crippen LogP contribution in [0.4, 0.5) is 0 Å². The predicted octanol–water partition coefficient (Wildman–Crippen LogP) is 19.7. The lowest BCUT2D eigenvalue weighted by Crippen LogP contribution is -2.40. The van der Waals surface area contributed by atoms with Gasteiger partial charge in [0.25, 0.3) is 0 Å². The first-order valence-electron chi connectivity index (χ1n) is 25.0. The maximum Gasteiger partial charge on any atom is 0.0167 e. The highest BCUT2D eigenvalue weighted by atomic mass is 127. The van der Waals surface area contributed by atoms with Gasteiger partial charge in [-0.25, -0.2) is 0 Å². The van der Waals surface area contributed by atoms with E-state index in [4.69, 9.17) is 0 Å². The van der Waals surface area contributed by atoms with Crippen LogP contribution in [0.25, 0.3) is 0 Å². The van der Waals surface area contributed by atoms with Crippen LogP contribution in [0.2, 0.25) is 0 Å². The number of hydrogen-bond donors (Lipinski definition) is 0. The molecule has 0 bridgehead atoms. The summed E-state index contributed by atoms with van der Waals surface area (Å²) in [6.07, 6.45) is 2.65. The molecule has 0 nitrogen and oxygen atoms in total. The molecule has 27 atom stereocenters. The second-order valence-electron chi connectivity index (χ2n) is 22.8. The van der Waals surface area contributed by atoms with Crippen LogP contribution < -0.4 is 0 Å². The Morgan fingerprint density at radius 3 is 0.621 bits per heavy atom. The third-order valence-electron chi connectivity index (χ3n) is 20.3. The SMILES string of the molecule is CCC(C)C(C)C(C)C(C)C(C)C(C)C(C)C(C)C(C)CC(C)C(C)C(C)C(C)C(C)C(I)C(C)C(C)C(C)C(C)C(C)C(I)C(C)C(C)C(I)C(C)C(C)C(C)I. The van der Waals surface area contributed by atoms with Crippen molar-refractivity contribution < 1.29 is 0 Å². The van der Waals surface area contributed by atoms with Crippen LogP contribution in [0.15, 0.2) is 0 Å². The first kappa shape index (κ1) is 60.9. The van der Waals surface area contributed by atoms with Gasteiger partial charge in [0.2, 0.25) is 0 Å². The third-order valence-corrected chi connectivity index (χ3v) is 28.2. The first-order valence-corrected chi connectivity index (χ1v) is 30.0. The van der Waals surface area contributed by atoms with Gasteiger partial charge in [0.1, 0.15) is 0 Å². The highest BCUT2D eigenvalue weighted by Crippen LogP contribution is 2.46. The van der Waals surface area contributed by atoms with Gasteiger partial charge in [0, 0.05) is 15.7 Å². The predicted molar refractivity (Wildman–Crippen MR) is 303 cm³/mol. The van der Waals surface area contributed by atoms with Crippen LogP contribution in [0.1, 0.15) is 186 Å². The summed E-state index contributed by atoms with van der Waals surface area (Å²) >= 11 is 11.2. The van der Waals surface area contributed by atoms with E-state index in [1.165, 1.54) is 12.8 Å². The summed E-state index contributed by atoms with van der Waals surface area (Å²) in [6, 6.07) is 0. The molecule has 0 aromatic heterocycles. The zero-order chi connectivity index (χ0) is 46.0. The topological polar surface area (TPSA) is 0 Å². The Morgan fingerprint density at radius 1 is 0.224 bits per heavy atom.